The van der Waals surface area contributed by atoms with Crippen LogP contribution >= 0.6 is 0 Å². The van der Waals surface area contributed by atoms with E-state index >= 15 is 0 Å². The van der Waals surface area contributed by atoms with E-state index in [9.17, 15) is 29.9 Å². The number of fused-ring (bicyclic) bond motifs is 2. The lowest BCUT2D eigenvalue weighted by Gasteiger charge is -2.62. The van der Waals surface area contributed by atoms with Crippen LogP contribution in [0.4, 0.5) is 5.69 Å². The van der Waals surface area contributed by atoms with Crippen molar-refractivity contribution in [3.8, 4) is 16.9 Å². The number of amides is 2. The Kier molecular flexibility index (Phi) is 12.0. The fourth-order valence-electron chi connectivity index (χ4n) is 8.91. The first-order chi connectivity index (χ1) is 24.5. The number of carbonyl (C=O) groups excluding carboxylic acids is 2. The zero-order chi connectivity index (χ0) is 38.2. The van der Waals surface area contributed by atoms with Gasteiger partial charge in [0, 0.05) is 53.4 Å². The first-order valence-electron chi connectivity index (χ1n) is 18.4. The van der Waals surface area contributed by atoms with Gasteiger partial charge in [-0.3, -0.25) is 14.4 Å². The van der Waals surface area contributed by atoms with Crippen molar-refractivity contribution < 1.29 is 39.5 Å². The van der Waals surface area contributed by atoms with Gasteiger partial charge in [-0.2, -0.15) is 5.06 Å². The Labute approximate surface area is 307 Å². The Balaban J connectivity index is 1.46. The summed E-state index contributed by atoms with van der Waals surface area (Å²) < 4.78 is 5.93. The Morgan fingerprint density at radius 2 is 1.87 bits per heavy atom. The van der Waals surface area contributed by atoms with Gasteiger partial charge >= 0.3 is 5.69 Å². The predicted octanol–water partition coefficient (Wildman–Crippen LogP) is 4.14. The smallest absolute Gasteiger partial charge is 0.317 e. The van der Waals surface area contributed by atoms with Crippen LogP contribution in [-0.2, 0) is 16.2 Å². The number of benzene rings is 2. The zero-order valence-corrected chi connectivity index (χ0v) is 32.0. The van der Waals surface area contributed by atoms with Crippen molar-refractivity contribution in [2.75, 3.05) is 34.4 Å². The van der Waals surface area contributed by atoms with E-state index in [1.807, 2.05) is 38.9 Å². The van der Waals surface area contributed by atoms with Gasteiger partial charge in [0.25, 0.3) is 10.8 Å². The average Bonchev–Trinajstić information content (AvgIpc) is 3.46. The first kappa shape index (κ1) is 39.6. The molecule has 13 nitrogen and oxygen atoms in total. The summed E-state index contributed by atoms with van der Waals surface area (Å²) in [6.07, 6.45) is 0.307. The molecule has 1 saturated heterocycles. The third kappa shape index (κ3) is 7.84. The average molecular weight is 725 g/mol. The minimum Gasteiger partial charge on any atom is -0.496 e. The number of ether oxygens (including phenoxy) is 1. The Morgan fingerprint density at radius 3 is 2.42 bits per heavy atom. The molecule has 2 aromatic carbocycles. The van der Waals surface area contributed by atoms with Crippen LogP contribution in [0.2, 0.25) is 0 Å². The minimum absolute atomic E-state index is 0.00343. The fourth-order valence-corrected chi connectivity index (χ4v) is 8.91. The van der Waals surface area contributed by atoms with Crippen LogP contribution < -0.4 is 15.4 Å². The summed E-state index contributed by atoms with van der Waals surface area (Å²) in [5, 5.41) is 39.0. The molecule has 286 valence electrons. The maximum Gasteiger partial charge on any atom is 0.317 e. The molecule has 1 heterocycles. The number of methoxy groups -OCH3 is 1. The highest BCUT2D eigenvalue weighted by Crippen LogP contribution is 2.61. The molecule has 13 heteroatoms. The van der Waals surface area contributed by atoms with Crippen LogP contribution in [0, 0.1) is 39.9 Å². The maximum absolute atomic E-state index is 14.2. The summed E-state index contributed by atoms with van der Waals surface area (Å²) in [6, 6.07) is 8.76. The maximum atomic E-state index is 14.2. The molecular formula is C39H58N5O8+. The van der Waals surface area contributed by atoms with Gasteiger partial charge in [-0.25, -0.2) is 5.21 Å². The van der Waals surface area contributed by atoms with Gasteiger partial charge in [-0.15, -0.1) is 0 Å². The highest BCUT2D eigenvalue weighted by Gasteiger charge is 2.57. The number of nitrogens with zero attached hydrogens (tertiary/aromatic N) is 3. The Morgan fingerprint density at radius 1 is 1.15 bits per heavy atom. The normalized spacial score (nSPS) is 27.9. The second-order valence-electron chi connectivity index (χ2n) is 16.4. The first-order valence-corrected chi connectivity index (χ1v) is 18.4. The molecule has 2 aromatic rings. The second kappa shape index (κ2) is 15.8. The molecule has 5 N–H and O–H groups in total. The van der Waals surface area contributed by atoms with Crippen LogP contribution in [-0.4, -0.2) is 107 Å². The topological polar surface area (TPSA) is 164 Å². The van der Waals surface area contributed by atoms with E-state index in [-0.39, 0.29) is 58.6 Å². The van der Waals surface area contributed by atoms with E-state index in [1.165, 1.54) is 30.7 Å². The van der Waals surface area contributed by atoms with Crippen molar-refractivity contribution >= 4 is 17.5 Å². The fraction of sp³-hybridized carbons (Fsp3) is 0.641. The summed E-state index contributed by atoms with van der Waals surface area (Å²) in [4.78, 5) is 47.8. The van der Waals surface area contributed by atoms with Crippen molar-refractivity contribution in [1.82, 2.24) is 20.6 Å². The van der Waals surface area contributed by atoms with Gasteiger partial charge in [0.2, 0.25) is 5.91 Å². The third-order valence-electron chi connectivity index (χ3n) is 12.1. The molecule has 4 aliphatic rings. The van der Waals surface area contributed by atoms with Gasteiger partial charge in [-0.1, -0.05) is 52.8 Å². The van der Waals surface area contributed by atoms with Crippen LogP contribution in [0.5, 0.6) is 5.75 Å². The van der Waals surface area contributed by atoms with E-state index in [1.54, 1.807) is 25.1 Å². The van der Waals surface area contributed by atoms with Crippen molar-refractivity contribution in [2.45, 2.75) is 91.3 Å². The molecule has 1 aliphatic heterocycles. The lowest BCUT2D eigenvalue weighted by molar-refractivity contribution is -0.729. The molecule has 0 aromatic heterocycles. The van der Waals surface area contributed by atoms with E-state index < -0.39 is 30.1 Å². The van der Waals surface area contributed by atoms with Crippen molar-refractivity contribution in [2.24, 2.45) is 35.0 Å². The Bertz CT molecular complexity index is 1630. The van der Waals surface area contributed by atoms with Crippen LogP contribution in [0.15, 0.2) is 36.4 Å². The third-order valence-corrected chi connectivity index (χ3v) is 12.1. The molecular weight excluding hydrogens is 666 g/mol. The van der Waals surface area contributed by atoms with Crippen molar-refractivity contribution in [1.29, 1.82) is 0 Å². The standard InChI is InChI=1S/C39H57N5O8/c1-21(2)32(19-42(7)8)41-37(47)26-13-25(14-28(15-26)44(49)50)29-12-10-11-24(36(29)51-9)18-43-35(34(23(4)46)33(20-45)52-43)38(48)40-31-17-27-16-30(22(31)3)39(27,5)6/h10-15,21-23,27,30-35,45-46H,16-20H2,1-9H3,(H2-,40,41,47,48,49,50)/p+1/t22-,23-,27+,30-,31-,32+,33-,34-,35-/m0/s1. The van der Waals surface area contributed by atoms with Crippen LogP contribution in [0.1, 0.15) is 70.3 Å². The molecule has 6 rings (SSSR count). The number of aliphatic hydroxyl groups is 2. The summed E-state index contributed by atoms with van der Waals surface area (Å²) >= 11 is 0. The second-order valence-corrected chi connectivity index (χ2v) is 16.4. The number of carbonyl (C=O) groups is 2. The van der Waals surface area contributed by atoms with E-state index in [0.29, 0.717) is 46.7 Å². The van der Waals surface area contributed by atoms with E-state index in [4.69, 9.17) is 9.57 Å². The van der Waals surface area contributed by atoms with E-state index in [2.05, 4.69) is 31.4 Å². The number of aliphatic hydroxyl groups excluding tert-OH is 2. The van der Waals surface area contributed by atoms with Gasteiger partial charge in [0.1, 0.15) is 17.9 Å². The lowest BCUT2D eigenvalue weighted by Crippen LogP contribution is -2.62. The van der Waals surface area contributed by atoms with Crippen LogP contribution in [0.25, 0.3) is 11.1 Å². The molecule has 0 radical (unpaired) electrons. The summed E-state index contributed by atoms with van der Waals surface area (Å²) in [6.45, 7) is 12.8. The molecule has 4 fully saturated rings. The highest BCUT2D eigenvalue weighted by molar-refractivity contribution is 5.97. The SMILES string of the molecule is COc1c(CN2O[C@@H](CO)[C@H]([C@H](C)O)[C@H]2C(=O)N[C@H]2C[C@H]3C[C@@H]([C@@H]2C)C3(C)C)cccc1-c1cc(C(=O)N[C@H](CN(C)C)C(C)C)cc([N+](=O)O)c1. The van der Waals surface area contributed by atoms with Gasteiger partial charge in [0.05, 0.1) is 31.3 Å². The van der Waals surface area contributed by atoms with Crippen molar-refractivity contribution in [3.05, 3.63) is 52.4 Å². The van der Waals surface area contributed by atoms with Gasteiger partial charge < -0.3 is 30.5 Å². The number of para-hydroxylation sites is 1. The van der Waals surface area contributed by atoms with Gasteiger partial charge in [-0.05, 0) is 74.6 Å². The van der Waals surface area contributed by atoms with Crippen molar-refractivity contribution in [3.63, 3.8) is 0 Å². The molecule has 2 amide bonds. The molecule has 0 unspecified atom stereocenters. The number of nitrogens with one attached hydrogen (secondary N) is 2. The van der Waals surface area contributed by atoms with E-state index in [0.717, 1.165) is 6.42 Å². The summed E-state index contributed by atoms with van der Waals surface area (Å²) in [5.74, 6) is 0.552. The monoisotopic (exact) mass is 724 g/mol. The number of likely N-dealkylation sites (N-methyl/N-ethyl adjacent to an activating group) is 1. The predicted molar refractivity (Wildman–Crippen MR) is 196 cm³/mol. The summed E-state index contributed by atoms with van der Waals surface area (Å²) in [7, 11) is 5.36. The number of hydroxylamine groups is 2. The minimum atomic E-state index is -0.948. The molecule has 3 saturated carbocycles. The number of hydrogen-bond donors (Lipinski definition) is 5. The Hall–Kier alpha value is -3.62. The highest BCUT2D eigenvalue weighted by atomic mass is 16.7. The molecule has 9 atom stereocenters. The molecule has 0 spiro atoms. The van der Waals surface area contributed by atoms with Gasteiger partial charge in [0.15, 0.2) is 0 Å². The lowest BCUT2D eigenvalue weighted by atomic mass is 9.45. The quantitative estimate of drug-likeness (QED) is 0.179. The largest absolute Gasteiger partial charge is 0.496 e. The zero-order valence-electron chi connectivity index (χ0n) is 32.0. The molecule has 52 heavy (non-hydrogen) atoms. The summed E-state index contributed by atoms with van der Waals surface area (Å²) in [5.41, 5.74) is 1.92. The molecule has 2 bridgehead atoms. The molecule has 3 aliphatic carbocycles. The number of rotatable bonds is 14. The van der Waals surface area contributed by atoms with Crippen LogP contribution in [0.3, 0.4) is 0 Å². The number of hydrogen-bond acceptors (Lipinski definition) is 9.